The van der Waals surface area contributed by atoms with E-state index in [-0.39, 0.29) is 0 Å². The Morgan fingerprint density at radius 3 is 1.62 bits per heavy atom. The van der Waals surface area contributed by atoms with Crippen LogP contribution in [0.3, 0.4) is 0 Å². The summed E-state index contributed by atoms with van der Waals surface area (Å²) in [4.78, 5) is 0. The van der Waals surface area contributed by atoms with E-state index in [4.69, 9.17) is 33.5 Å². The predicted octanol–water partition coefficient (Wildman–Crippen LogP) is 0.183. The number of hydrogen-bond donors (Lipinski definition) is 1. The van der Waals surface area contributed by atoms with Gasteiger partial charge in [-0.25, -0.2) is 0 Å². The maximum Gasteiger partial charge on any atom is 0.384 e. The molecule has 0 amide bonds. The quantitative estimate of drug-likeness (QED) is 0.302. The Hall–Kier alpha value is -0.0631. The second-order valence-electron chi connectivity index (χ2n) is 4.17. The van der Waals surface area contributed by atoms with Crippen molar-refractivity contribution in [2.45, 2.75) is 12.5 Å². The van der Waals surface area contributed by atoms with E-state index in [1.807, 2.05) is 0 Å². The minimum absolute atomic E-state index is 0.535. The molecule has 0 saturated heterocycles. The first-order valence-corrected chi connectivity index (χ1v) is 8.82. The highest BCUT2D eigenvalue weighted by Crippen LogP contribution is 2.01. The Kier molecular flexibility index (Phi) is 17.9. The molecule has 1 radical (unpaired) electrons. The van der Waals surface area contributed by atoms with Crippen molar-refractivity contribution in [3.8, 4) is 0 Å². The molecule has 0 aliphatic heterocycles. The van der Waals surface area contributed by atoms with E-state index in [0.717, 1.165) is 12.5 Å². The van der Waals surface area contributed by atoms with Crippen LogP contribution in [0.25, 0.3) is 0 Å². The lowest BCUT2D eigenvalue weighted by Crippen LogP contribution is -2.27. The lowest BCUT2D eigenvalue weighted by Gasteiger charge is -2.15. The monoisotopic (exact) mass is 324 g/mol. The smallest absolute Gasteiger partial charge is 0.384 e. The van der Waals surface area contributed by atoms with E-state index in [9.17, 15) is 0 Å². The molecule has 8 heteroatoms. The molecular formula is C13H30NO6Si. The fraction of sp³-hybridized carbons (Fsp3) is 1.00. The standard InChI is InChI=1S/C13H30NO6Si/c1-15-5-7-17-9-11-19-21(13-3-4-14)20-12-10-18-8-6-16-2/h3-14H2,1-2H3. The molecule has 21 heavy (non-hydrogen) atoms. The largest absolute Gasteiger partial charge is 0.391 e. The molecule has 0 bridgehead atoms. The highest BCUT2D eigenvalue weighted by Gasteiger charge is 2.15. The summed E-state index contributed by atoms with van der Waals surface area (Å²) in [6.07, 6.45) is 0.906. The SMILES string of the molecule is COCCOCCO[Si](CCCN)OCCOCCOC. The lowest BCUT2D eigenvalue weighted by molar-refractivity contribution is 0.0368. The molecule has 0 atom stereocenters. The van der Waals surface area contributed by atoms with Gasteiger partial charge in [0, 0.05) is 14.2 Å². The molecule has 0 aliphatic rings. The van der Waals surface area contributed by atoms with Crippen molar-refractivity contribution < 1.29 is 27.8 Å². The Balaban J connectivity index is 3.56. The Bertz CT molecular complexity index is 186. The molecule has 0 fully saturated rings. The first-order valence-electron chi connectivity index (χ1n) is 7.30. The summed E-state index contributed by atoms with van der Waals surface area (Å²) in [5, 5.41) is 0. The van der Waals surface area contributed by atoms with Crippen LogP contribution < -0.4 is 5.73 Å². The van der Waals surface area contributed by atoms with Gasteiger partial charge in [0.25, 0.3) is 0 Å². The van der Waals surface area contributed by atoms with Crippen molar-refractivity contribution in [3.63, 3.8) is 0 Å². The van der Waals surface area contributed by atoms with Crippen LogP contribution in [0.2, 0.25) is 6.04 Å². The van der Waals surface area contributed by atoms with Crippen molar-refractivity contribution in [2.75, 3.05) is 73.6 Å². The molecule has 0 aliphatic carbocycles. The molecule has 0 heterocycles. The average molecular weight is 324 g/mol. The summed E-state index contributed by atoms with van der Waals surface area (Å²) in [7, 11) is 2.00. The van der Waals surface area contributed by atoms with Crippen molar-refractivity contribution >= 4 is 9.28 Å². The van der Waals surface area contributed by atoms with E-state index < -0.39 is 9.28 Å². The van der Waals surface area contributed by atoms with Crippen LogP contribution in [-0.4, -0.2) is 82.9 Å². The summed E-state index contributed by atoms with van der Waals surface area (Å²) in [6, 6.07) is 0.872. The van der Waals surface area contributed by atoms with Crippen LogP contribution in [0.1, 0.15) is 6.42 Å². The van der Waals surface area contributed by atoms with Crippen LogP contribution in [0, 0.1) is 0 Å². The van der Waals surface area contributed by atoms with Gasteiger partial charge in [0.2, 0.25) is 0 Å². The van der Waals surface area contributed by atoms with Crippen LogP contribution in [-0.2, 0) is 27.8 Å². The Morgan fingerprint density at radius 2 is 1.19 bits per heavy atom. The van der Waals surface area contributed by atoms with Crippen LogP contribution in [0.5, 0.6) is 0 Å². The van der Waals surface area contributed by atoms with Crippen molar-refractivity contribution in [3.05, 3.63) is 0 Å². The van der Waals surface area contributed by atoms with E-state index in [2.05, 4.69) is 0 Å². The molecule has 0 saturated carbocycles. The molecule has 0 unspecified atom stereocenters. The third-order valence-electron chi connectivity index (χ3n) is 2.43. The Labute approximate surface area is 129 Å². The first-order chi connectivity index (χ1) is 10.3. The third-order valence-corrected chi connectivity index (χ3v) is 4.24. The molecular weight excluding hydrogens is 294 g/mol. The zero-order chi connectivity index (χ0) is 15.6. The van der Waals surface area contributed by atoms with Gasteiger partial charge in [0.15, 0.2) is 0 Å². The van der Waals surface area contributed by atoms with Gasteiger partial charge in [-0.2, -0.15) is 0 Å². The summed E-state index contributed by atoms with van der Waals surface area (Å²) >= 11 is 0. The molecule has 0 aromatic heterocycles. The highest BCUT2D eigenvalue weighted by molar-refractivity contribution is 6.44. The van der Waals surface area contributed by atoms with Gasteiger partial charge < -0.3 is 33.5 Å². The zero-order valence-corrected chi connectivity index (χ0v) is 14.3. The maximum atomic E-state index is 5.73. The van der Waals surface area contributed by atoms with Crippen molar-refractivity contribution in [1.82, 2.24) is 0 Å². The van der Waals surface area contributed by atoms with Crippen molar-refractivity contribution in [1.29, 1.82) is 0 Å². The lowest BCUT2D eigenvalue weighted by atomic mass is 10.5. The number of rotatable bonds is 17. The number of ether oxygens (including phenoxy) is 4. The summed E-state index contributed by atoms with van der Waals surface area (Å²) in [5.41, 5.74) is 5.52. The molecule has 0 aromatic rings. The summed E-state index contributed by atoms with van der Waals surface area (Å²) < 4.78 is 31.9. The van der Waals surface area contributed by atoms with Gasteiger partial charge in [-0.15, -0.1) is 0 Å². The highest BCUT2D eigenvalue weighted by atomic mass is 28.3. The number of nitrogens with two attached hydrogens (primary N) is 1. The molecule has 0 spiro atoms. The van der Waals surface area contributed by atoms with Crippen LogP contribution >= 0.6 is 0 Å². The maximum absolute atomic E-state index is 5.73. The van der Waals surface area contributed by atoms with Crippen LogP contribution in [0.15, 0.2) is 0 Å². The second-order valence-corrected chi connectivity index (χ2v) is 5.99. The van der Waals surface area contributed by atoms with Gasteiger partial charge in [-0.3, -0.25) is 0 Å². The molecule has 2 N–H and O–H groups in total. The number of hydrogen-bond acceptors (Lipinski definition) is 7. The number of methoxy groups -OCH3 is 2. The topological polar surface area (TPSA) is 81.4 Å². The average Bonchev–Trinajstić information content (AvgIpc) is 2.50. The van der Waals surface area contributed by atoms with E-state index >= 15 is 0 Å². The Morgan fingerprint density at radius 1 is 0.714 bits per heavy atom. The molecule has 0 aromatic carbocycles. The second kappa shape index (κ2) is 18.0. The van der Waals surface area contributed by atoms with Gasteiger partial charge in [-0.1, -0.05) is 0 Å². The molecule has 127 valence electrons. The van der Waals surface area contributed by atoms with Crippen LogP contribution in [0.4, 0.5) is 0 Å². The molecule has 0 rings (SSSR count). The third kappa shape index (κ3) is 16.1. The zero-order valence-electron chi connectivity index (χ0n) is 13.3. The van der Waals surface area contributed by atoms with Gasteiger partial charge >= 0.3 is 9.28 Å². The van der Waals surface area contributed by atoms with Gasteiger partial charge in [-0.05, 0) is 19.0 Å². The fourth-order valence-electron chi connectivity index (χ4n) is 1.35. The van der Waals surface area contributed by atoms with E-state index in [1.54, 1.807) is 14.2 Å². The minimum Gasteiger partial charge on any atom is -0.391 e. The van der Waals surface area contributed by atoms with Crippen molar-refractivity contribution in [2.24, 2.45) is 5.73 Å². The van der Waals surface area contributed by atoms with Gasteiger partial charge in [0.1, 0.15) is 0 Å². The van der Waals surface area contributed by atoms with E-state index in [0.29, 0.717) is 59.4 Å². The van der Waals surface area contributed by atoms with Gasteiger partial charge in [0.05, 0.1) is 52.9 Å². The predicted molar refractivity (Wildman–Crippen MR) is 81.5 cm³/mol. The fourth-order valence-corrected chi connectivity index (χ4v) is 2.84. The normalized spacial score (nSPS) is 11.4. The van der Waals surface area contributed by atoms with E-state index in [1.165, 1.54) is 0 Å². The minimum atomic E-state index is -1.29. The first kappa shape index (κ1) is 20.9. The summed E-state index contributed by atoms with van der Waals surface area (Å²) in [5.74, 6) is 0. The molecule has 7 nitrogen and oxygen atoms in total. The summed E-state index contributed by atoms with van der Waals surface area (Å²) in [6.45, 7) is 5.18.